The highest BCUT2D eigenvalue weighted by Gasteiger charge is 2.49. The van der Waals surface area contributed by atoms with Crippen LogP contribution in [0.25, 0.3) is 0 Å². The van der Waals surface area contributed by atoms with E-state index in [4.69, 9.17) is 0 Å². The van der Waals surface area contributed by atoms with E-state index in [2.05, 4.69) is 85.8 Å². The second kappa shape index (κ2) is 8.73. The van der Waals surface area contributed by atoms with E-state index < -0.39 is 7.26 Å². The first-order valence-corrected chi connectivity index (χ1v) is 10.9. The molecular formula is C25H22BrOP. The highest BCUT2D eigenvalue weighted by molar-refractivity contribution is 8.01. The Kier molecular flexibility index (Phi) is 6.34. The van der Waals surface area contributed by atoms with Gasteiger partial charge in [-0.25, -0.2) is 0 Å². The lowest BCUT2D eigenvalue weighted by Gasteiger charge is -2.28. The second-order valence-electron chi connectivity index (χ2n) is 6.67. The van der Waals surface area contributed by atoms with Gasteiger partial charge in [0.05, 0.1) is 0 Å². The first kappa shape index (κ1) is 20.3. The Morgan fingerprint density at radius 2 is 0.964 bits per heavy atom. The van der Waals surface area contributed by atoms with E-state index in [1.807, 2.05) is 30.3 Å². The van der Waals surface area contributed by atoms with Gasteiger partial charge < -0.3 is 22.1 Å². The lowest BCUT2D eigenvalue weighted by Crippen LogP contribution is -3.00. The average Bonchev–Trinajstić information content (AvgIpc) is 2.73. The number of phenols is 1. The molecule has 0 aliphatic heterocycles. The quantitative estimate of drug-likeness (QED) is 0.467. The summed E-state index contributed by atoms with van der Waals surface area (Å²) in [5.41, 5.74) is 1.15. The normalized spacial score (nSPS) is 10.9. The van der Waals surface area contributed by atoms with Gasteiger partial charge in [0.1, 0.15) is 23.2 Å². The molecule has 0 amide bonds. The van der Waals surface area contributed by atoms with Crippen LogP contribution >= 0.6 is 7.26 Å². The van der Waals surface area contributed by atoms with Crippen LogP contribution in [0.3, 0.4) is 0 Å². The van der Waals surface area contributed by atoms with Gasteiger partial charge in [-0.15, -0.1) is 0 Å². The molecule has 1 N–H and O–H groups in total. The number of rotatable bonds is 4. The first-order valence-electron chi connectivity index (χ1n) is 9.09. The van der Waals surface area contributed by atoms with E-state index in [0.717, 1.165) is 10.9 Å². The summed E-state index contributed by atoms with van der Waals surface area (Å²) in [7, 11) is -2.22. The summed E-state index contributed by atoms with van der Waals surface area (Å²) < 4.78 is 0. The number of phenolic OH excluding ortho intramolecular Hbond substituents is 1. The summed E-state index contributed by atoms with van der Waals surface area (Å²) in [5.74, 6) is 0.352. The van der Waals surface area contributed by atoms with E-state index in [1.54, 1.807) is 0 Å². The molecule has 0 bridgehead atoms. The molecule has 0 heterocycles. The van der Waals surface area contributed by atoms with Crippen molar-refractivity contribution in [3.05, 3.63) is 115 Å². The van der Waals surface area contributed by atoms with Crippen molar-refractivity contribution in [2.75, 3.05) is 0 Å². The summed E-state index contributed by atoms with van der Waals surface area (Å²) in [6, 6.07) is 37.7. The molecule has 3 heteroatoms. The third kappa shape index (κ3) is 3.51. The molecule has 28 heavy (non-hydrogen) atoms. The van der Waals surface area contributed by atoms with E-state index in [0.29, 0.717) is 5.75 Å². The molecule has 4 aromatic carbocycles. The van der Waals surface area contributed by atoms with Crippen molar-refractivity contribution in [2.24, 2.45) is 0 Å². The number of benzene rings is 4. The van der Waals surface area contributed by atoms with E-state index in [9.17, 15) is 5.11 Å². The minimum absolute atomic E-state index is 0. The Hall–Kier alpha value is -2.41. The van der Waals surface area contributed by atoms with Crippen LogP contribution in [-0.2, 0) is 0 Å². The molecule has 0 saturated carbocycles. The van der Waals surface area contributed by atoms with Crippen molar-refractivity contribution in [2.45, 2.75) is 6.92 Å². The summed E-state index contributed by atoms with van der Waals surface area (Å²) in [5, 5.41) is 15.7. The number of halogens is 1. The van der Waals surface area contributed by atoms with Gasteiger partial charge in [0.2, 0.25) is 0 Å². The molecule has 0 aliphatic carbocycles. The number of hydrogen-bond acceptors (Lipinski definition) is 1. The van der Waals surface area contributed by atoms with E-state index >= 15 is 0 Å². The molecule has 0 aliphatic rings. The maximum atomic E-state index is 11.0. The van der Waals surface area contributed by atoms with Gasteiger partial charge in [-0.05, 0) is 61.0 Å². The molecule has 0 fully saturated rings. The summed E-state index contributed by atoms with van der Waals surface area (Å²) in [4.78, 5) is 0. The van der Waals surface area contributed by atoms with Crippen molar-refractivity contribution in [1.29, 1.82) is 0 Å². The fourth-order valence-corrected chi connectivity index (χ4v) is 8.12. The van der Waals surface area contributed by atoms with Crippen LogP contribution < -0.4 is 38.2 Å². The zero-order valence-corrected chi connectivity index (χ0v) is 18.1. The molecule has 0 saturated heterocycles. The number of aromatic hydroxyl groups is 1. The third-order valence-electron chi connectivity index (χ3n) is 4.92. The molecule has 0 atom stereocenters. The van der Waals surface area contributed by atoms with Gasteiger partial charge in [-0.2, -0.15) is 0 Å². The lowest BCUT2D eigenvalue weighted by molar-refractivity contribution is -0.00000623. The van der Waals surface area contributed by atoms with E-state index in [1.165, 1.54) is 15.9 Å². The maximum absolute atomic E-state index is 11.0. The van der Waals surface area contributed by atoms with Gasteiger partial charge in [0.25, 0.3) is 0 Å². The Bertz CT molecular complexity index is 937. The highest BCUT2D eigenvalue weighted by atomic mass is 79.9. The van der Waals surface area contributed by atoms with Gasteiger partial charge in [0, 0.05) is 0 Å². The van der Waals surface area contributed by atoms with Crippen LogP contribution in [0.4, 0.5) is 0 Å². The zero-order valence-electron chi connectivity index (χ0n) is 15.7. The standard InChI is InChI=1S/C25H21OP.BrH/c1-20-17-18-24(26)25(19-20)27(21-11-5-2-6-12-21,22-13-7-3-8-14-22)23-15-9-4-10-16-23;/h2-19H,1H3;1H. The van der Waals surface area contributed by atoms with Gasteiger partial charge in [-0.3, -0.25) is 0 Å². The molecular weight excluding hydrogens is 427 g/mol. The maximum Gasteiger partial charge on any atom is 0.159 e. The van der Waals surface area contributed by atoms with Crippen molar-refractivity contribution >= 4 is 28.5 Å². The van der Waals surface area contributed by atoms with Crippen LogP contribution in [0.15, 0.2) is 109 Å². The van der Waals surface area contributed by atoms with Crippen molar-refractivity contribution in [1.82, 2.24) is 0 Å². The van der Waals surface area contributed by atoms with Crippen LogP contribution in [0.5, 0.6) is 5.75 Å². The lowest BCUT2D eigenvalue weighted by atomic mass is 10.2. The largest absolute Gasteiger partial charge is 1.00 e. The molecule has 0 unspecified atom stereocenters. The van der Waals surface area contributed by atoms with Gasteiger partial charge >= 0.3 is 0 Å². The predicted molar refractivity (Wildman–Crippen MR) is 118 cm³/mol. The highest BCUT2D eigenvalue weighted by Crippen LogP contribution is 2.56. The van der Waals surface area contributed by atoms with Crippen LogP contribution in [0.1, 0.15) is 5.56 Å². The molecule has 140 valence electrons. The minimum atomic E-state index is -2.22. The Balaban J connectivity index is 0.00000225. The molecule has 0 radical (unpaired) electrons. The van der Waals surface area contributed by atoms with Crippen LogP contribution in [0, 0.1) is 6.92 Å². The molecule has 0 spiro atoms. The Morgan fingerprint density at radius 1 is 0.571 bits per heavy atom. The van der Waals surface area contributed by atoms with Crippen LogP contribution in [0.2, 0.25) is 0 Å². The first-order chi connectivity index (χ1) is 13.2. The monoisotopic (exact) mass is 448 g/mol. The van der Waals surface area contributed by atoms with E-state index in [-0.39, 0.29) is 17.0 Å². The Morgan fingerprint density at radius 3 is 1.36 bits per heavy atom. The summed E-state index contributed by atoms with van der Waals surface area (Å²) in [6.07, 6.45) is 0. The Labute approximate surface area is 177 Å². The third-order valence-corrected chi connectivity index (χ3v) is 9.22. The topological polar surface area (TPSA) is 20.2 Å². The summed E-state index contributed by atoms with van der Waals surface area (Å²) >= 11 is 0. The number of aryl methyl sites for hydroxylation is 1. The predicted octanol–water partition coefficient (Wildman–Crippen LogP) is 1.32. The van der Waals surface area contributed by atoms with Crippen molar-refractivity contribution in [3.8, 4) is 5.75 Å². The van der Waals surface area contributed by atoms with Crippen molar-refractivity contribution < 1.29 is 22.1 Å². The SMILES string of the molecule is Cc1ccc(O)c([P+](c2ccccc2)(c2ccccc2)c2ccccc2)c1.[Br-]. The van der Waals surface area contributed by atoms with Crippen LogP contribution in [-0.4, -0.2) is 5.11 Å². The minimum Gasteiger partial charge on any atom is -1.00 e. The fraction of sp³-hybridized carbons (Fsp3) is 0.0400. The van der Waals surface area contributed by atoms with Gasteiger partial charge in [0.15, 0.2) is 11.1 Å². The summed E-state index contributed by atoms with van der Waals surface area (Å²) in [6.45, 7) is 2.08. The molecule has 0 aromatic heterocycles. The average molecular weight is 449 g/mol. The van der Waals surface area contributed by atoms with Gasteiger partial charge in [-0.1, -0.05) is 60.7 Å². The molecule has 4 rings (SSSR count). The molecule has 1 nitrogen and oxygen atoms in total. The van der Waals surface area contributed by atoms with Crippen molar-refractivity contribution in [3.63, 3.8) is 0 Å². The zero-order chi connectivity index (χ0) is 18.7. The molecule has 4 aromatic rings. The number of hydrogen-bond donors (Lipinski definition) is 1. The fourth-order valence-electron chi connectivity index (χ4n) is 3.72. The second-order valence-corrected chi connectivity index (χ2v) is 10.0. The smallest absolute Gasteiger partial charge is 0.159 e.